The summed E-state index contributed by atoms with van der Waals surface area (Å²) in [7, 11) is 0. The molecule has 0 radical (unpaired) electrons. The first-order valence-corrected chi connectivity index (χ1v) is 5.33. The Morgan fingerprint density at radius 1 is 1.13 bits per heavy atom. The van der Waals surface area contributed by atoms with Crippen molar-refractivity contribution >= 4 is 5.97 Å². The number of carbonyl (C=O) groups is 1. The van der Waals surface area contributed by atoms with Gasteiger partial charge in [0.15, 0.2) is 0 Å². The van der Waals surface area contributed by atoms with E-state index in [4.69, 9.17) is 5.11 Å². The van der Waals surface area contributed by atoms with Crippen molar-refractivity contribution in [2.75, 3.05) is 0 Å². The normalized spacial score (nSPS) is 18.9. The highest BCUT2D eigenvalue weighted by Gasteiger charge is 2.40. The van der Waals surface area contributed by atoms with Crippen molar-refractivity contribution in [3.63, 3.8) is 0 Å². The summed E-state index contributed by atoms with van der Waals surface area (Å²) in [5.41, 5.74) is -1.31. The van der Waals surface area contributed by atoms with Gasteiger partial charge >= 0.3 is 5.97 Å². The zero-order valence-electron chi connectivity index (χ0n) is 10.1. The summed E-state index contributed by atoms with van der Waals surface area (Å²) in [5, 5.41) is 18.7. The molecular formula is C12H22O3. The van der Waals surface area contributed by atoms with Crippen molar-refractivity contribution in [3.05, 3.63) is 12.3 Å². The standard InChI is InChI=1S/C12H22O3/c1-6-11(4,9(3)13)8-12(5,7-2)10(14)15/h13H,3,6-8H2,1-2,4-5H3,(H,14,15). The fraction of sp³-hybridized carbons (Fsp3) is 0.750. The smallest absolute Gasteiger partial charge is 0.309 e. The summed E-state index contributed by atoms with van der Waals surface area (Å²) < 4.78 is 0. The van der Waals surface area contributed by atoms with Gasteiger partial charge in [0.1, 0.15) is 0 Å². The van der Waals surface area contributed by atoms with Crippen LogP contribution in [0.1, 0.15) is 47.0 Å². The number of carboxylic acid groups (broad SMARTS) is 1. The quantitative estimate of drug-likeness (QED) is 0.666. The third kappa shape index (κ3) is 2.98. The van der Waals surface area contributed by atoms with Gasteiger partial charge < -0.3 is 10.2 Å². The molecule has 0 amide bonds. The molecule has 0 aromatic rings. The van der Waals surface area contributed by atoms with Crippen LogP contribution in [0, 0.1) is 10.8 Å². The van der Waals surface area contributed by atoms with Crippen LogP contribution in [0.5, 0.6) is 0 Å². The second-order valence-corrected chi connectivity index (χ2v) is 4.76. The van der Waals surface area contributed by atoms with Gasteiger partial charge in [-0.1, -0.05) is 27.4 Å². The lowest BCUT2D eigenvalue weighted by molar-refractivity contribution is -0.150. The van der Waals surface area contributed by atoms with Crippen LogP contribution < -0.4 is 0 Å². The maximum Gasteiger partial charge on any atom is 0.309 e. The highest BCUT2D eigenvalue weighted by atomic mass is 16.4. The Bertz CT molecular complexity index is 234. The number of allylic oxidation sites excluding steroid dienone is 1. The van der Waals surface area contributed by atoms with Gasteiger partial charge in [0, 0.05) is 5.41 Å². The van der Waals surface area contributed by atoms with E-state index in [0.717, 1.165) is 0 Å². The van der Waals surface area contributed by atoms with Gasteiger partial charge in [0.05, 0.1) is 11.2 Å². The van der Waals surface area contributed by atoms with Crippen LogP contribution in [0.3, 0.4) is 0 Å². The Kier molecular flexibility index (Phi) is 4.38. The Morgan fingerprint density at radius 3 is 1.73 bits per heavy atom. The number of hydrogen-bond acceptors (Lipinski definition) is 2. The SMILES string of the molecule is C=C(O)C(C)(CC)CC(C)(CC)C(=O)O. The van der Waals surface area contributed by atoms with E-state index in [0.29, 0.717) is 19.3 Å². The number of hydrogen-bond donors (Lipinski definition) is 2. The molecule has 0 aliphatic carbocycles. The zero-order chi connectivity index (χ0) is 12.3. The van der Waals surface area contributed by atoms with Crippen LogP contribution in [0.15, 0.2) is 12.3 Å². The summed E-state index contributed by atoms with van der Waals surface area (Å²) in [6.45, 7) is 10.9. The maximum absolute atomic E-state index is 11.2. The third-order valence-corrected chi connectivity index (χ3v) is 3.55. The predicted molar refractivity (Wildman–Crippen MR) is 60.8 cm³/mol. The van der Waals surface area contributed by atoms with E-state index < -0.39 is 16.8 Å². The van der Waals surface area contributed by atoms with E-state index in [1.54, 1.807) is 6.92 Å². The van der Waals surface area contributed by atoms with E-state index in [2.05, 4.69) is 6.58 Å². The van der Waals surface area contributed by atoms with E-state index in [1.165, 1.54) is 0 Å². The fourth-order valence-corrected chi connectivity index (χ4v) is 1.64. The van der Waals surface area contributed by atoms with Crippen molar-refractivity contribution < 1.29 is 15.0 Å². The molecule has 0 heterocycles. The lowest BCUT2D eigenvalue weighted by atomic mass is 9.69. The van der Waals surface area contributed by atoms with E-state index >= 15 is 0 Å². The molecule has 0 bridgehead atoms. The summed E-state index contributed by atoms with van der Waals surface area (Å²) in [6, 6.07) is 0. The first kappa shape index (κ1) is 14.0. The second-order valence-electron chi connectivity index (χ2n) is 4.76. The van der Waals surface area contributed by atoms with Crippen molar-refractivity contribution in [3.8, 4) is 0 Å². The second kappa shape index (κ2) is 4.69. The predicted octanol–water partition coefficient (Wildman–Crippen LogP) is 3.37. The van der Waals surface area contributed by atoms with Crippen molar-refractivity contribution in [1.82, 2.24) is 0 Å². The first-order chi connectivity index (χ1) is 6.72. The highest BCUT2D eigenvalue weighted by Crippen LogP contribution is 2.42. The lowest BCUT2D eigenvalue weighted by Gasteiger charge is -2.35. The minimum absolute atomic E-state index is 0.0749. The van der Waals surface area contributed by atoms with Crippen LogP contribution >= 0.6 is 0 Å². The molecule has 88 valence electrons. The molecule has 0 aromatic heterocycles. The van der Waals surface area contributed by atoms with Crippen LogP contribution in [0.2, 0.25) is 0 Å². The van der Waals surface area contributed by atoms with Gasteiger partial charge in [-0.2, -0.15) is 0 Å². The topological polar surface area (TPSA) is 57.5 Å². The van der Waals surface area contributed by atoms with Gasteiger partial charge in [0.25, 0.3) is 0 Å². The van der Waals surface area contributed by atoms with E-state index in [1.807, 2.05) is 20.8 Å². The summed E-state index contributed by atoms with van der Waals surface area (Å²) in [5.74, 6) is -0.739. The first-order valence-electron chi connectivity index (χ1n) is 5.33. The van der Waals surface area contributed by atoms with Gasteiger partial charge in [-0.3, -0.25) is 4.79 Å². The molecular weight excluding hydrogens is 192 g/mol. The highest BCUT2D eigenvalue weighted by molar-refractivity contribution is 5.74. The molecule has 0 rings (SSSR count). The van der Waals surface area contributed by atoms with Gasteiger partial charge in [-0.05, 0) is 26.2 Å². The molecule has 0 spiro atoms. The van der Waals surface area contributed by atoms with Crippen molar-refractivity contribution in [1.29, 1.82) is 0 Å². The van der Waals surface area contributed by atoms with Crippen molar-refractivity contribution in [2.45, 2.75) is 47.0 Å². The zero-order valence-corrected chi connectivity index (χ0v) is 10.1. The minimum atomic E-state index is -0.814. The Hall–Kier alpha value is -0.990. The van der Waals surface area contributed by atoms with Crippen molar-refractivity contribution in [2.24, 2.45) is 10.8 Å². The Morgan fingerprint density at radius 2 is 1.53 bits per heavy atom. The van der Waals surface area contributed by atoms with Gasteiger partial charge in [-0.25, -0.2) is 0 Å². The number of aliphatic carboxylic acids is 1. The molecule has 0 aromatic carbocycles. The minimum Gasteiger partial charge on any atom is -0.512 e. The molecule has 3 nitrogen and oxygen atoms in total. The third-order valence-electron chi connectivity index (χ3n) is 3.55. The average molecular weight is 214 g/mol. The molecule has 2 unspecified atom stereocenters. The van der Waals surface area contributed by atoms with E-state index in [9.17, 15) is 9.90 Å². The van der Waals surface area contributed by atoms with Crippen LogP contribution in [-0.2, 0) is 4.79 Å². The molecule has 0 saturated carbocycles. The molecule has 0 aliphatic rings. The molecule has 0 fully saturated rings. The monoisotopic (exact) mass is 214 g/mol. The molecule has 2 atom stereocenters. The molecule has 0 aliphatic heterocycles. The molecule has 2 N–H and O–H groups in total. The summed E-state index contributed by atoms with van der Waals surface area (Å²) in [6.07, 6.45) is 1.65. The van der Waals surface area contributed by atoms with E-state index in [-0.39, 0.29) is 5.76 Å². The van der Waals surface area contributed by atoms with Crippen LogP contribution in [0.25, 0.3) is 0 Å². The van der Waals surface area contributed by atoms with Crippen LogP contribution in [-0.4, -0.2) is 16.2 Å². The largest absolute Gasteiger partial charge is 0.512 e. The molecule has 3 heteroatoms. The maximum atomic E-state index is 11.2. The van der Waals surface area contributed by atoms with Gasteiger partial charge in [-0.15, -0.1) is 0 Å². The Labute approximate surface area is 91.8 Å². The lowest BCUT2D eigenvalue weighted by Crippen LogP contribution is -2.34. The molecule has 0 saturated heterocycles. The number of carboxylic acids is 1. The number of aliphatic hydroxyl groups excluding tert-OH is 1. The fourth-order valence-electron chi connectivity index (χ4n) is 1.64. The molecule has 15 heavy (non-hydrogen) atoms. The van der Waals surface area contributed by atoms with Gasteiger partial charge in [0.2, 0.25) is 0 Å². The van der Waals surface area contributed by atoms with Crippen LogP contribution in [0.4, 0.5) is 0 Å². The average Bonchev–Trinajstić information content (AvgIpc) is 2.16. The Balaban J connectivity index is 4.95. The summed E-state index contributed by atoms with van der Waals surface area (Å²) >= 11 is 0. The number of rotatable bonds is 6. The number of aliphatic hydroxyl groups is 1. The summed E-state index contributed by atoms with van der Waals surface area (Å²) in [4.78, 5) is 11.2.